The Morgan fingerprint density at radius 3 is 1.76 bits per heavy atom. The average Bonchev–Trinajstić information content (AvgIpc) is 3.29. The van der Waals surface area contributed by atoms with Gasteiger partial charge < -0.3 is 0 Å². The molecule has 0 atom stereocenters. The van der Waals surface area contributed by atoms with Crippen LogP contribution in [0.4, 0.5) is 0 Å². The first-order valence-corrected chi connectivity index (χ1v) is 11.5. The second kappa shape index (κ2) is 9.25. The van der Waals surface area contributed by atoms with Gasteiger partial charge in [-0.2, -0.15) is 0 Å². The van der Waals surface area contributed by atoms with Crippen LogP contribution in [0.3, 0.4) is 0 Å². The van der Waals surface area contributed by atoms with Gasteiger partial charge in [-0.05, 0) is 53.8 Å². The molecule has 0 saturated heterocycles. The molecule has 5 aromatic rings. The second-order valence-electron chi connectivity index (χ2n) is 8.38. The lowest BCUT2D eigenvalue weighted by Crippen LogP contribution is -2.03. The van der Waals surface area contributed by atoms with Crippen molar-refractivity contribution in [1.82, 2.24) is 14.8 Å². The van der Waals surface area contributed by atoms with Gasteiger partial charge in [0.1, 0.15) is 5.82 Å². The highest BCUT2D eigenvalue weighted by molar-refractivity contribution is 5.76. The molecule has 5 rings (SSSR count). The predicted molar refractivity (Wildman–Crippen MR) is 136 cm³/mol. The highest BCUT2D eigenvalue weighted by Crippen LogP contribution is 2.31. The molecule has 0 fully saturated rings. The molecule has 0 aliphatic rings. The monoisotopic (exact) mass is 429 g/mol. The van der Waals surface area contributed by atoms with E-state index >= 15 is 0 Å². The van der Waals surface area contributed by atoms with Gasteiger partial charge in [0.15, 0.2) is 5.82 Å². The molecule has 0 aliphatic carbocycles. The number of nitrogens with zero attached hydrogens (tertiary/aromatic N) is 3. The van der Waals surface area contributed by atoms with Crippen molar-refractivity contribution in [2.45, 2.75) is 26.7 Å². The zero-order valence-corrected chi connectivity index (χ0v) is 19.1. The van der Waals surface area contributed by atoms with E-state index in [0.29, 0.717) is 0 Å². The Morgan fingerprint density at radius 1 is 0.636 bits per heavy atom. The molecule has 0 radical (unpaired) electrons. The maximum Gasteiger partial charge on any atom is 0.181 e. The van der Waals surface area contributed by atoms with Gasteiger partial charge in [0, 0.05) is 12.0 Å². The first-order chi connectivity index (χ1) is 16.2. The van der Waals surface area contributed by atoms with Crippen LogP contribution in [-0.4, -0.2) is 14.8 Å². The zero-order valence-electron chi connectivity index (χ0n) is 19.1. The fourth-order valence-corrected chi connectivity index (χ4v) is 4.09. The van der Waals surface area contributed by atoms with Crippen molar-refractivity contribution >= 4 is 0 Å². The smallest absolute Gasteiger partial charge is 0.181 e. The van der Waals surface area contributed by atoms with Crippen LogP contribution < -0.4 is 0 Å². The quantitative estimate of drug-likeness (QED) is 0.279. The summed E-state index contributed by atoms with van der Waals surface area (Å²) in [6.45, 7) is 4.28. The van der Waals surface area contributed by atoms with E-state index in [4.69, 9.17) is 10.1 Å². The number of hydrogen-bond donors (Lipinski definition) is 0. The van der Waals surface area contributed by atoms with Crippen LogP contribution in [0.5, 0.6) is 0 Å². The number of hydrogen-bond acceptors (Lipinski definition) is 2. The summed E-state index contributed by atoms with van der Waals surface area (Å²) in [4.78, 5) is 4.93. The van der Waals surface area contributed by atoms with Gasteiger partial charge in [0.2, 0.25) is 0 Å². The molecule has 0 spiro atoms. The predicted octanol–water partition coefficient (Wildman–Crippen LogP) is 7.53. The molecule has 33 heavy (non-hydrogen) atoms. The maximum absolute atomic E-state index is 4.97. The summed E-state index contributed by atoms with van der Waals surface area (Å²) in [5.41, 5.74) is 8.02. The summed E-state index contributed by atoms with van der Waals surface area (Å²) >= 11 is 0. The van der Waals surface area contributed by atoms with Crippen LogP contribution in [0.1, 0.15) is 24.7 Å². The third-order valence-electron chi connectivity index (χ3n) is 5.83. The topological polar surface area (TPSA) is 30.7 Å². The lowest BCUT2D eigenvalue weighted by atomic mass is 9.98. The molecule has 162 valence electrons. The average molecular weight is 430 g/mol. The minimum Gasteiger partial charge on any atom is -0.217 e. The van der Waals surface area contributed by atoms with E-state index in [1.54, 1.807) is 0 Å². The third kappa shape index (κ3) is 4.49. The minimum atomic E-state index is 0.768. The summed E-state index contributed by atoms with van der Waals surface area (Å²) in [5.74, 6) is 1.75. The third-order valence-corrected chi connectivity index (χ3v) is 5.83. The van der Waals surface area contributed by atoms with Crippen molar-refractivity contribution < 1.29 is 0 Å². The van der Waals surface area contributed by atoms with E-state index in [1.807, 2.05) is 4.68 Å². The van der Waals surface area contributed by atoms with Gasteiger partial charge in [-0.3, -0.25) is 0 Å². The molecule has 0 N–H and O–H groups in total. The summed E-state index contributed by atoms with van der Waals surface area (Å²) < 4.78 is 2.03. The lowest BCUT2D eigenvalue weighted by molar-refractivity contribution is 0.759. The van der Waals surface area contributed by atoms with Crippen LogP contribution in [0.15, 0.2) is 103 Å². The zero-order chi connectivity index (χ0) is 22.6. The standard InChI is InChI=1S/C30H27N3/c1-3-10-29-31-30(25-17-15-22(2)16-18-25)32-33(29)28-20-26(23-11-6-4-7-12-23)19-27(21-28)24-13-8-5-9-14-24/h4-9,11-21H,3,10H2,1-2H3. The first kappa shape index (κ1) is 20.9. The van der Waals surface area contributed by atoms with E-state index in [2.05, 4.69) is 117 Å². The Labute approximate surface area is 195 Å². The second-order valence-corrected chi connectivity index (χ2v) is 8.38. The largest absolute Gasteiger partial charge is 0.217 e. The molecule has 0 bridgehead atoms. The van der Waals surface area contributed by atoms with Gasteiger partial charge in [-0.15, -0.1) is 5.10 Å². The number of benzene rings is 4. The molecular weight excluding hydrogens is 402 g/mol. The Kier molecular flexibility index (Phi) is 5.86. The molecule has 1 aromatic heterocycles. The highest BCUT2D eigenvalue weighted by Gasteiger charge is 2.15. The van der Waals surface area contributed by atoms with Crippen molar-refractivity contribution in [2.24, 2.45) is 0 Å². The van der Waals surface area contributed by atoms with Crippen molar-refractivity contribution in [3.05, 3.63) is 115 Å². The Morgan fingerprint density at radius 2 is 1.21 bits per heavy atom. The Balaban J connectivity index is 1.68. The summed E-state index contributed by atoms with van der Waals surface area (Å²) in [6.07, 6.45) is 1.88. The number of aryl methyl sites for hydroxylation is 2. The van der Waals surface area contributed by atoms with Crippen LogP contribution >= 0.6 is 0 Å². The van der Waals surface area contributed by atoms with Gasteiger partial charge >= 0.3 is 0 Å². The first-order valence-electron chi connectivity index (χ1n) is 11.5. The molecule has 3 nitrogen and oxygen atoms in total. The van der Waals surface area contributed by atoms with E-state index in [-0.39, 0.29) is 0 Å². The molecule has 0 saturated carbocycles. The van der Waals surface area contributed by atoms with E-state index in [0.717, 1.165) is 35.7 Å². The van der Waals surface area contributed by atoms with Crippen LogP contribution in [-0.2, 0) is 6.42 Å². The van der Waals surface area contributed by atoms with Crippen LogP contribution in [0.2, 0.25) is 0 Å². The molecular formula is C30H27N3. The van der Waals surface area contributed by atoms with E-state index < -0.39 is 0 Å². The summed E-state index contributed by atoms with van der Waals surface area (Å²) in [5, 5.41) is 4.97. The molecule has 3 heteroatoms. The fourth-order valence-electron chi connectivity index (χ4n) is 4.09. The SMILES string of the molecule is CCCc1nc(-c2ccc(C)cc2)nn1-c1cc(-c2ccccc2)cc(-c2ccccc2)c1. The molecule has 0 amide bonds. The Bertz CT molecular complexity index is 1290. The van der Waals surface area contributed by atoms with Gasteiger partial charge in [-0.1, -0.05) is 97.4 Å². The lowest BCUT2D eigenvalue weighted by Gasteiger charge is -2.12. The van der Waals surface area contributed by atoms with Crippen molar-refractivity contribution in [3.63, 3.8) is 0 Å². The Hall–Kier alpha value is -3.98. The van der Waals surface area contributed by atoms with Crippen molar-refractivity contribution in [3.8, 4) is 39.3 Å². The molecule has 0 unspecified atom stereocenters. The molecule has 0 aliphatic heterocycles. The normalized spacial score (nSPS) is 11.0. The summed E-state index contributed by atoms with van der Waals surface area (Å²) in [7, 11) is 0. The molecule has 1 heterocycles. The number of aromatic nitrogens is 3. The number of rotatable bonds is 6. The minimum absolute atomic E-state index is 0.768. The van der Waals surface area contributed by atoms with Gasteiger partial charge in [-0.25, -0.2) is 9.67 Å². The highest BCUT2D eigenvalue weighted by atomic mass is 15.3. The van der Waals surface area contributed by atoms with E-state index in [1.165, 1.54) is 27.8 Å². The summed E-state index contributed by atoms with van der Waals surface area (Å²) in [6, 6.07) is 36.1. The van der Waals surface area contributed by atoms with Gasteiger partial charge in [0.25, 0.3) is 0 Å². The van der Waals surface area contributed by atoms with Crippen molar-refractivity contribution in [2.75, 3.05) is 0 Å². The van der Waals surface area contributed by atoms with Gasteiger partial charge in [0.05, 0.1) is 5.69 Å². The molecule has 4 aromatic carbocycles. The van der Waals surface area contributed by atoms with E-state index in [9.17, 15) is 0 Å². The van der Waals surface area contributed by atoms with Crippen LogP contribution in [0.25, 0.3) is 39.3 Å². The van der Waals surface area contributed by atoms with Crippen molar-refractivity contribution in [1.29, 1.82) is 0 Å². The maximum atomic E-state index is 4.97. The fraction of sp³-hybridized carbons (Fsp3) is 0.133. The van der Waals surface area contributed by atoms with Crippen LogP contribution in [0, 0.1) is 6.92 Å².